The summed E-state index contributed by atoms with van der Waals surface area (Å²) in [7, 11) is 0. The van der Waals surface area contributed by atoms with Gasteiger partial charge in [-0.3, -0.25) is 9.59 Å². The van der Waals surface area contributed by atoms with E-state index in [-0.39, 0.29) is 11.6 Å². The number of carbonyl (C=O) groups excluding carboxylic acids is 2. The summed E-state index contributed by atoms with van der Waals surface area (Å²) >= 11 is 13.6. The summed E-state index contributed by atoms with van der Waals surface area (Å²) in [6, 6.07) is 16.1. The van der Waals surface area contributed by atoms with Gasteiger partial charge >= 0.3 is 0 Å². The Balaban J connectivity index is 1.57. The third-order valence-corrected chi connectivity index (χ3v) is 6.27. The van der Waals surface area contributed by atoms with Crippen molar-refractivity contribution in [2.75, 3.05) is 12.3 Å². The third kappa shape index (κ3) is 6.92. The molecule has 0 radical (unpaired) electrons. The zero-order chi connectivity index (χ0) is 22.9. The highest BCUT2D eigenvalue weighted by Gasteiger charge is 2.16. The Morgan fingerprint density at radius 2 is 1.88 bits per heavy atom. The van der Waals surface area contributed by atoms with Crippen LogP contribution < -0.4 is 10.6 Å². The summed E-state index contributed by atoms with van der Waals surface area (Å²) in [5.74, 6) is 1.15. The van der Waals surface area contributed by atoms with E-state index in [9.17, 15) is 9.59 Å². The Morgan fingerprint density at radius 1 is 1.06 bits per heavy atom. The van der Waals surface area contributed by atoms with Crippen LogP contribution in [-0.2, 0) is 10.5 Å². The predicted octanol–water partition coefficient (Wildman–Crippen LogP) is 5.72. The monoisotopic (exact) mass is 488 g/mol. The summed E-state index contributed by atoms with van der Waals surface area (Å²) in [4.78, 5) is 25.5. The molecular weight excluding hydrogens is 467 g/mol. The first-order valence-corrected chi connectivity index (χ1v) is 11.8. The van der Waals surface area contributed by atoms with Crippen LogP contribution in [0.25, 0.3) is 6.08 Å². The summed E-state index contributed by atoms with van der Waals surface area (Å²) in [5.41, 5.74) is 2.49. The lowest BCUT2D eigenvalue weighted by molar-refractivity contribution is -0.117. The van der Waals surface area contributed by atoms with Crippen molar-refractivity contribution >= 4 is 52.9 Å². The first-order chi connectivity index (χ1) is 15.4. The highest BCUT2D eigenvalue weighted by Crippen LogP contribution is 2.24. The topological polar surface area (TPSA) is 71.3 Å². The van der Waals surface area contributed by atoms with Crippen molar-refractivity contribution in [1.82, 2.24) is 10.6 Å². The van der Waals surface area contributed by atoms with E-state index in [1.54, 1.807) is 42.1 Å². The van der Waals surface area contributed by atoms with Gasteiger partial charge in [0, 0.05) is 29.7 Å². The highest BCUT2D eigenvalue weighted by molar-refractivity contribution is 7.98. The van der Waals surface area contributed by atoms with Crippen LogP contribution >= 0.6 is 35.0 Å². The van der Waals surface area contributed by atoms with Gasteiger partial charge in [-0.2, -0.15) is 11.8 Å². The van der Waals surface area contributed by atoms with E-state index < -0.39 is 5.91 Å². The van der Waals surface area contributed by atoms with Gasteiger partial charge in [-0.1, -0.05) is 47.5 Å². The normalized spacial score (nSPS) is 11.3. The van der Waals surface area contributed by atoms with Crippen molar-refractivity contribution in [3.8, 4) is 0 Å². The summed E-state index contributed by atoms with van der Waals surface area (Å²) in [6.45, 7) is 2.27. The van der Waals surface area contributed by atoms with Crippen molar-refractivity contribution in [3.63, 3.8) is 0 Å². The molecule has 0 atom stereocenters. The van der Waals surface area contributed by atoms with Crippen molar-refractivity contribution in [2.24, 2.45) is 0 Å². The van der Waals surface area contributed by atoms with Gasteiger partial charge in [-0.15, -0.1) is 0 Å². The maximum Gasteiger partial charge on any atom is 0.267 e. The number of rotatable bonds is 9. The van der Waals surface area contributed by atoms with Gasteiger partial charge in [-0.05, 0) is 48.4 Å². The molecule has 0 aliphatic carbocycles. The molecule has 1 heterocycles. The zero-order valence-corrected chi connectivity index (χ0v) is 19.7. The first kappa shape index (κ1) is 24.0. The predicted molar refractivity (Wildman–Crippen MR) is 131 cm³/mol. The van der Waals surface area contributed by atoms with Crippen LogP contribution in [0, 0.1) is 6.92 Å². The van der Waals surface area contributed by atoms with E-state index in [1.165, 1.54) is 12.3 Å². The molecule has 32 heavy (non-hydrogen) atoms. The summed E-state index contributed by atoms with van der Waals surface area (Å²) in [6.07, 6.45) is 3.01. The van der Waals surface area contributed by atoms with Gasteiger partial charge in [0.15, 0.2) is 0 Å². The minimum Gasteiger partial charge on any atom is -0.465 e. The van der Waals surface area contributed by atoms with Gasteiger partial charge in [0.2, 0.25) is 0 Å². The van der Waals surface area contributed by atoms with E-state index in [0.717, 1.165) is 16.9 Å². The number of amides is 2. The molecule has 5 nitrogen and oxygen atoms in total. The van der Waals surface area contributed by atoms with Gasteiger partial charge in [0.25, 0.3) is 11.8 Å². The van der Waals surface area contributed by atoms with E-state index in [4.69, 9.17) is 27.6 Å². The van der Waals surface area contributed by atoms with Crippen LogP contribution in [0.3, 0.4) is 0 Å². The standard InChI is InChI=1S/C24H22Cl2N2O3S/c1-16-5-2-3-7-19(16)23(29)28-22(14-18-6-4-11-31-18)24(30)27-10-12-32-15-17-8-9-20(25)21(26)13-17/h2-9,11,13-14H,10,12,15H2,1H3,(H,27,30)(H,28,29)/b22-14-. The number of hydrogen-bond acceptors (Lipinski definition) is 4. The van der Waals surface area contributed by atoms with E-state index in [0.29, 0.717) is 33.7 Å². The Labute approximate surface area is 201 Å². The fourth-order valence-electron chi connectivity index (χ4n) is 2.84. The smallest absolute Gasteiger partial charge is 0.267 e. The molecule has 0 saturated heterocycles. The van der Waals surface area contributed by atoms with Crippen LogP contribution in [0.2, 0.25) is 10.0 Å². The van der Waals surface area contributed by atoms with Crippen LogP contribution in [0.5, 0.6) is 0 Å². The Morgan fingerprint density at radius 3 is 2.59 bits per heavy atom. The minimum absolute atomic E-state index is 0.114. The van der Waals surface area contributed by atoms with Gasteiger partial charge in [0.05, 0.1) is 16.3 Å². The average molecular weight is 489 g/mol. The Bertz CT molecular complexity index is 1110. The molecule has 0 aliphatic rings. The molecular formula is C24H22Cl2N2O3S. The van der Waals surface area contributed by atoms with Crippen molar-refractivity contribution in [3.05, 3.63) is 99.1 Å². The molecule has 0 bridgehead atoms. The number of hydrogen-bond donors (Lipinski definition) is 2. The number of halogens is 2. The molecule has 166 valence electrons. The van der Waals surface area contributed by atoms with Crippen LogP contribution in [0.4, 0.5) is 0 Å². The number of furan rings is 1. The number of aryl methyl sites for hydroxylation is 1. The molecule has 0 fully saturated rings. The largest absolute Gasteiger partial charge is 0.465 e. The van der Waals surface area contributed by atoms with Gasteiger partial charge in [0.1, 0.15) is 11.5 Å². The SMILES string of the molecule is Cc1ccccc1C(=O)N/C(=C\c1ccco1)C(=O)NCCSCc1ccc(Cl)c(Cl)c1. The molecule has 2 aromatic carbocycles. The van der Waals surface area contributed by atoms with Crippen LogP contribution in [0.1, 0.15) is 27.2 Å². The van der Waals surface area contributed by atoms with E-state index in [1.807, 2.05) is 31.2 Å². The van der Waals surface area contributed by atoms with E-state index in [2.05, 4.69) is 10.6 Å². The number of thioether (sulfide) groups is 1. The molecule has 0 saturated carbocycles. The van der Waals surface area contributed by atoms with Crippen LogP contribution in [-0.4, -0.2) is 24.1 Å². The third-order valence-electron chi connectivity index (χ3n) is 4.50. The van der Waals surface area contributed by atoms with Gasteiger partial charge in [-0.25, -0.2) is 0 Å². The van der Waals surface area contributed by atoms with E-state index >= 15 is 0 Å². The number of benzene rings is 2. The molecule has 1 aromatic heterocycles. The lowest BCUT2D eigenvalue weighted by atomic mass is 10.1. The quantitative estimate of drug-likeness (QED) is 0.298. The van der Waals surface area contributed by atoms with Crippen molar-refractivity contribution in [2.45, 2.75) is 12.7 Å². The Kier molecular flexibility index (Phi) is 8.85. The van der Waals surface area contributed by atoms with Crippen LogP contribution in [0.15, 0.2) is 71.0 Å². The first-order valence-electron chi connectivity index (χ1n) is 9.86. The van der Waals surface area contributed by atoms with Crippen molar-refractivity contribution in [1.29, 1.82) is 0 Å². The fourth-order valence-corrected chi connectivity index (χ4v) is 3.97. The highest BCUT2D eigenvalue weighted by atomic mass is 35.5. The Hall–Kier alpha value is -2.67. The molecule has 0 aliphatic heterocycles. The second-order valence-electron chi connectivity index (χ2n) is 6.90. The zero-order valence-electron chi connectivity index (χ0n) is 17.4. The maximum absolute atomic E-state index is 12.8. The molecule has 0 spiro atoms. The maximum atomic E-state index is 12.8. The molecule has 2 N–H and O–H groups in total. The lowest BCUT2D eigenvalue weighted by Crippen LogP contribution is -2.36. The molecule has 8 heteroatoms. The lowest BCUT2D eigenvalue weighted by Gasteiger charge is -2.12. The average Bonchev–Trinajstić information content (AvgIpc) is 3.28. The van der Waals surface area contributed by atoms with Crippen molar-refractivity contribution < 1.29 is 14.0 Å². The second kappa shape index (κ2) is 11.8. The fraction of sp³-hybridized carbons (Fsp3) is 0.167. The molecule has 0 unspecified atom stereocenters. The number of nitrogens with one attached hydrogen (secondary N) is 2. The summed E-state index contributed by atoms with van der Waals surface area (Å²) < 4.78 is 5.30. The summed E-state index contributed by atoms with van der Waals surface area (Å²) in [5, 5.41) is 6.60. The number of carbonyl (C=O) groups is 2. The second-order valence-corrected chi connectivity index (χ2v) is 8.82. The van der Waals surface area contributed by atoms with Gasteiger partial charge < -0.3 is 15.1 Å². The molecule has 3 aromatic rings. The minimum atomic E-state index is -0.390. The molecule has 3 rings (SSSR count). The molecule has 2 amide bonds.